The van der Waals surface area contributed by atoms with Crippen LogP contribution in [0, 0.1) is 5.92 Å². The zero-order valence-corrected chi connectivity index (χ0v) is 11.0. The maximum Gasteiger partial charge on any atom is 0.326 e. The molecule has 0 radical (unpaired) electrons. The average molecular weight is 285 g/mol. The Balaban J connectivity index is 1.70. The molecule has 1 saturated heterocycles. The third-order valence-electron chi connectivity index (χ3n) is 3.47. The number of carbonyl (C=O) groups is 3. The molecule has 8 nitrogen and oxygen atoms in total. The number of aliphatic hydroxyl groups is 1. The normalized spacial score (nSPS) is 25.4. The highest BCUT2D eigenvalue weighted by Crippen LogP contribution is 2.28. The lowest BCUT2D eigenvalue weighted by atomic mass is 10.2. The maximum atomic E-state index is 11.8. The second-order valence-corrected chi connectivity index (χ2v) is 5.19. The van der Waals surface area contributed by atoms with Crippen molar-refractivity contribution in [2.24, 2.45) is 5.92 Å². The van der Waals surface area contributed by atoms with Gasteiger partial charge in [0, 0.05) is 32.0 Å². The molecule has 0 unspecified atom stereocenters. The van der Waals surface area contributed by atoms with E-state index in [9.17, 15) is 19.5 Å². The number of hydrogen-bond donors (Lipinski definition) is 4. The molecule has 112 valence electrons. The molecule has 3 amide bonds. The standard InChI is InChI=1S/C12H19N3O5/c16-8-5-9(11(18)19)15(6-8)12(20)14-4-3-13-10(17)7-1-2-7/h7-9,16H,1-6H2,(H,13,17)(H,14,20)(H,18,19)/t8-,9+/m1/s1. The van der Waals surface area contributed by atoms with Gasteiger partial charge in [-0.2, -0.15) is 0 Å². The van der Waals surface area contributed by atoms with E-state index in [0.29, 0.717) is 6.54 Å². The van der Waals surface area contributed by atoms with E-state index in [4.69, 9.17) is 5.11 Å². The first-order valence-corrected chi connectivity index (χ1v) is 6.72. The van der Waals surface area contributed by atoms with Crippen LogP contribution in [0.2, 0.25) is 0 Å². The lowest BCUT2D eigenvalue weighted by molar-refractivity contribution is -0.141. The molecule has 0 spiro atoms. The molecule has 0 aromatic heterocycles. The highest BCUT2D eigenvalue weighted by atomic mass is 16.4. The van der Waals surface area contributed by atoms with Gasteiger partial charge in [-0.3, -0.25) is 4.79 Å². The summed E-state index contributed by atoms with van der Waals surface area (Å²) in [6, 6.07) is -1.53. The summed E-state index contributed by atoms with van der Waals surface area (Å²) in [6.07, 6.45) is 1.08. The maximum absolute atomic E-state index is 11.8. The number of carbonyl (C=O) groups excluding carboxylic acids is 2. The van der Waals surface area contributed by atoms with E-state index in [-0.39, 0.29) is 31.3 Å². The van der Waals surface area contributed by atoms with Crippen LogP contribution in [0.1, 0.15) is 19.3 Å². The van der Waals surface area contributed by atoms with Gasteiger partial charge in [-0.05, 0) is 12.8 Å². The number of hydrogen-bond acceptors (Lipinski definition) is 4. The number of aliphatic carboxylic acids is 1. The molecule has 2 fully saturated rings. The highest BCUT2D eigenvalue weighted by Gasteiger charge is 2.38. The molecule has 2 aliphatic rings. The summed E-state index contributed by atoms with van der Waals surface area (Å²) in [7, 11) is 0. The highest BCUT2D eigenvalue weighted by molar-refractivity contribution is 5.83. The zero-order chi connectivity index (χ0) is 14.7. The molecule has 4 N–H and O–H groups in total. The van der Waals surface area contributed by atoms with Crippen molar-refractivity contribution >= 4 is 17.9 Å². The van der Waals surface area contributed by atoms with E-state index in [1.165, 1.54) is 0 Å². The monoisotopic (exact) mass is 285 g/mol. The summed E-state index contributed by atoms with van der Waals surface area (Å²) in [5.74, 6) is -1.01. The molecule has 1 aliphatic heterocycles. The van der Waals surface area contributed by atoms with Crippen LogP contribution < -0.4 is 10.6 Å². The number of likely N-dealkylation sites (tertiary alicyclic amines) is 1. The summed E-state index contributed by atoms with van der Waals surface area (Å²) < 4.78 is 0. The van der Waals surface area contributed by atoms with Crippen LogP contribution in [0.25, 0.3) is 0 Å². The van der Waals surface area contributed by atoms with Gasteiger partial charge in [0.1, 0.15) is 6.04 Å². The summed E-state index contributed by atoms with van der Waals surface area (Å²) in [5.41, 5.74) is 0. The third-order valence-corrected chi connectivity index (χ3v) is 3.47. The molecule has 1 aliphatic carbocycles. The van der Waals surface area contributed by atoms with E-state index in [1.807, 2.05) is 0 Å². The molecule has 8 heteroatoms. The Bertz CT molecular complexity index is 410. The molecule has 0 bridgehead atoms. The van der Waals surface area contributed by atoms with Gasteiger partial charge in [0.05, 0.1) is 6.10 Å². The number of amides is 3. The van der Waals surface area contributed by atoms with Crippen LogP contribution in [0.3, 0.4) is 0 Å². The lowest BCUT2D eigenvalue weighted by Crippen LogP contribution is -2.47. The quantitative estimate of drug-likeness (QED) is 0.470. The molecule has 0 aromatic rings. The molecule has 2 atom stereocenters. The van der Waals surface area contributed by atoms with E-state index in [2.05, 4.69) is 10.6 Å². The number of aliphatic hydroxyl groups excluding tert-OH is 1. The smallest absolute Gasteiger partial charge is 0.326 e. The second-order valence-electron chi connectivity index (χ2n) is 5.19. The number of carboxylic acid groups (broad SMARTS) is 1. The molecule has 20 heavy (non-hydrogen) atoms. The Morgan fingerprint density at radius 2 is 1.80 bits per heavy atom. The first kappa shape index (κ1) is 14.6. The van der Waals surface area contributed by atoms with Crippen molar-refractivity contribution in [2.75, 3.05) is 19.6 Å². The van der Waals surface area contributed by atoms with Gasteiger partial charge in [0.25, 0.3) is 0 Å². The van der Waals surface area contributed by atoms with Crippen molar-refractivity contribution in [3.05, 3.63) is 0 Å². The first-order valence-electron chi connectivity index (χ1n) is 6.72. The van der Waals surface area contributed by atoms with E-state index in [1.54, 1.807) is 0 Å². The van der Waals surface area contributed by atoms with Crippen LogP contribution in [0.15, 0.2) is 0 Å². The van der Waals surface area contributed by atoms with Crippen molar-refractivity contribution in [3.63, 3.8) is 0 Å². The number of carboxylic acids is 1. The van der Waals surface area contributed by atoms with Crippen LogP contribution in [-0.4, -0.2) is 64.8 Å². The average Bonchev–Trinajstić information content (AvgIpc) is 3.16. The van der Waals surface area contributed by atoms with Crippen molar-refractivity contribution in [3.8, 4) is 0 Å². The molecular formula is C12H19N3O5. The number of β-amino-alcohol motifs (C(OH)–C–C–N with tert-alkyl or cyclic N) is 1. The van der Waals surface area contributed by atoms with Crippen molar-refractivity contribution in [2.45, 2.75) is 31.4 Å². The van der Waals surface area contributed by atoms with Gasteiger partial charge in [0.2, 0.25) is 5.91 Å². The Kier molecular flexibility index (Phi) is 4.43. The topological polar surface area (TPSA) is 119 Å². The van der Waals surface area contributed by atoms with Crippen LogP contribution >= 0.6 is 0 Å². The fourth-order valence-corrected chi connectivity index (χ4v) is 2.22. The van der Waals surface area contributed by atoms with Gasteiger partial charge >= 0.3 is 12.0 Å². The van der Waals surface area contributed by atoms with E-state index >= 15 is 0 Å². The van der Waals surface area contributed by atoms with Crippen molar-refractivity contribution in [1.82, 2.24) is 15.5 Å². The SMILES string of the molecule is O=C(NCCNC(=O)N1C[C@H](O)C[C@H]1C(=O)O)C1CC1. The summed E-state index contributed by atoms with van der Waals surface area (Å²) >= 11 is 0. The van der Waals surface area contributed by atoms with Gasteiger partial charge in [-0.15, -0.1) is 0 Å². The number of rotatable bonds is 5. The number of nitrogens with one attached hydrogen (secondary N) is 2. The molecular weight excluding hydrogens is 266 g/mol. The van der Waals surface area contributed by atoms with Gasteiger partial charge < -0.3 is 25.7 Å². The van der Waals surface area contributed by atoms with Crippen LogP contribution in [0.5, 0.6) is 0 Å². The fraction of sp³-hybridized carbons (Fsp3) is 0.750. The third kappa shape index (κ3) is 3.60. The van der Waals surface area contributed by atoms with Gasteiger partial charge in [-0.25, -0.2) is 9.59 Å². The Hall–Kier alpha value is -1.83. The largest absolute Gasteiger partial charge is 0.480 e. The molecule has 1 saturated carbocycles. The Labute approximate surface area is 116 Å². The van der Waals surface area contributed by atoms with E-state index in [0.717, 1.165) is 17.7 Å². The fourth-order valence-electron chi connectivity index (χ4n) is 2.22. The number of nitrogens with zero attached hydrogens (tertiary/aromatic N) is 1. The predicted octanol–water partition coefficient (Wildman–Crippen LogP) is -1.26. The minimum absolute atomic E-state index is 0.000689. The Morgan fingerprint density at radius 3 is 2.40 bits per heavy atom. The minimum atomic E-state index is -1.13. The van der Waals surface area contributed by atoms with Crippen molar-refractivity contribution < 1.29 is 24.6 Å². The Morgan fingerprint density at radius 1 is 1.15 bits per heavy atom. The summed E-state index contributed by atoms with van der Waals surface area (Å²) in [6.45, 7) is 0.558. The zero-order valence-electron chi connectivity index (χ0n) is 11.0. The molecule has 1 heterocycles. The predicted molar refractivity (Wildman–Crippen MR) is 67.9 cm³/mol. The van der Waals surface area contributed by atoms with E-state index < -0.39 is 24.1 Å². The minimum Gasteiger partial charge on any atom is -0.480 e. The second kappa shape index (κ2) is 6.08. The van der Waals surface area contributed by atoms with Gasteiger partial charge in [-0.1, -0.05) is 0 Å². The first-order chi connectivity index (χ1) is 9.49. The molecule has 2 rings (SSSR count). The summed E-state index contributed by atoms with van der Waals surface area (Å²) in [5, 5.41) is 23.6. The molecule has 0 aromatic carbocycles. The lowest BCUT2D eigenvalue weighted by Gasteiger charge is -2.21. The van der Waals surface area contributed by atoms with Gasteiger partial charge in [0.15, 0.2) is 0 Å². The van der Waals surface area contributed by atoms with Crippen LogP contribution in [-0.2, 0) is 9.59 Å². The van der Waals surface area contributed by atoms with Crippen LogP contribution in [0.4, 0.5) is 4.79 Å². The summed E-state index contributed by atoms with van der Waals surface area (Å²) in [4.78, 5) is 35.3. The number of urea groups is 1. The van der Waals surface area contributed by atoms with Crippen molar-refractivity contribution in [1.29, 1.82) is 0 Å².